The van der Waals surface area contributed by atoms with Crippen LogP contribution in [0.2, 0.25) is 0 Å². The molecule has 2 aromatic carbocycles. The van der Waals surface area contributed by atoms with Gasteiger partial charge in [-0.1, -0.05) is 22.0 Å². The van der Waals surface area contributed by atoms with Gasteiger partial charge in [-0.3, -0.25) is 4.79 Å². The molecule has 0 aliphatic carbocycles. The predicted molar refractivity (Wildman–Crippen MR) is 72.5 cm³/mol. The molecular weight excluding hydrogens is 294 g/mol. The summed E-state index contributed by atoms with van der Waals surface area (Å²) in [6, 6.07) is 12.9. The highest BCUT2D eigenvalue weighted by Crippen LogP contribution is 2.26. The summed E-state index contributed by atoms with van der Waals surface area (Å²) in [5.41, 5.74) is 2.86. The Labute approximate surface area is 112 Å². The van der Waals surface area contributed by atoms with Crippen molar-refractivity contribution in [3.63, 3.8) is 0 Å². The predicted octanol–water partition coefficient (Wildman–Crippen LogP) is 4.07. The molecule has 0 radical (unpaired) electrons. The van der Waals surface area contributed by atoms with E-state index in [1.165, 1.54) is 0 Å². The van der Waals surface area contributed by atoms with E-state index in [4.69, 9.17) is 4.42 Å². The van der Waals surface area contributed by atoms with Crippen molar-refractivity contribution >= 4 is 33.3 Å². The van der Waals surface area contributed by atoms with Crippen LogP contribution in [0.3, 0.4) is 0 Å². The van der Waals surface area contributed by atoms with Gasteiger partial charge < -0.3 is 4.42 Å². The highest BCUT2D eigenvalue weighted by atomic mass is 79.9. The lowest BCUT2D eigenvalue weighted by atomic mass is 10.2. The van der Waals surface area contributed by atoms with E-state index in [0.717, 1.165) is 16.3 Å². The van der Waals surface area contributed by atoms with Gasteiger partial charge in [0.1, 0.15) is 11.8 Å². The van der Waals surface area contributed by atoms with E-state index in [1.54, 1.807) is 18.2 Å². The summed E-state index contributed by atoms with van der Waals surface area (Å²) in [7, 11) is 0. The second-order valence-electron chi connectivity index (χ2n) is 3.87. The molecule has 18 heavy (non-hydrogen) atoms. The summed E-state index contributed by atoms with van der Waals surface area (Å²) in [5, 5.41) is 0. The van der Waals surface area contributed by atoms with E-state index < -0.39 is 0 Å². The molecule has 0 bridgehead atoms. The van der Waals surface area contributed by atoms with Crippen molar-refractivity contribution in [2.75, 3.05) is 0 Å². The summed E-state index contributed by atoms with van der Waals surface area (Å²) in [6.45, 7) is 0. The second-order valence-corrected chi connectivity index (χ2v) is 4.79. The minimum absolute atomic E-state index is 0.550. The Morgan fingerprint density at radius 3 is 2.83 bits per heavy atom. The standard InChI is InChI=1S/C14H8BrNO2/c15-11-3-1-2-10(7-11)14-16-12-6-9(8-17)4-5-13(12)18-14/h1-8H. The van der Waals surface area contributed by atoms with Crippen LogP contribution < -0.4 is 0 Å². The van der Waals surface area contributed by atoms with E-state index in [1.807, 2.05) is 24.3 Å². The number of hydrogen-bond acceptors (Lipinski definition) is 3. The van der Waals surface area contributed by atoms with E-state index in [-0.39, 0.29) is 0 Å². The fraction of sp³-hybridized carbons (Fsp3) is 0. The van der Waals surface area contributed by atoms with Crippen LogP contribution in [0.25, 0.3) is 22.6 Å². The van der Waals surface area contributed by atoms with Crippen molar-refractivity contribution in [1.29, 1.82) is 0 Å². The lowest BCUT2D eigenvalue weighted by Gasteiger charge is -1.94. The van der Waals surface area contributed by atoms with Crippen molar-refractivity contribution in [2.45, 2.75) is 0 Å². The lowest BCUT2D eigenvalue weighted by Crippen LogP contribution is -1.78. The Kier molecular flexibility index (Phi) is 2.72. The monoisotopic (exact) mass is 301 g/mol. The quantitative estimate of drug-likeness (QED) is 0.670. The fourth-order valence-electron chi connectivity index (χ4n) is 1.76. The number of nitrogens with zero attached hydrogens (tertiary/aromatic N) is 1. The van der Waals surface area contributed by atoms with Crippen molar-refractivity contribution in [3.8, 4) is 11.5 Å². The summed E-state index contributed by atoms with van der Waals surface area (Å²) < 4.78 is 6.63. The van der Waals surface area contributed by atoms with Gasteiger partial charge in [0.05, 0.1) is 0 Å². The molecule has 1 aromatic heterocycles. The summed E-state index contributed by atoms with van der Waals surface area (Å²) in [6.07, 6.45) is 0.799. The van der Waals surface area contributed by atoms with Gasteiger partial charge in [0.25, 0.3) is 0 Å². The zero-order chi connectivity index (χ0) is 12.5. The first-order valence-corrected chi connectivity index (χ1v) is 6.17. The van der Waals surface area contributed by atoms with Crippen LogP contribution in [0.15, 0.2) is 51.4 Å². The molecular formula is C14H8BrNO2. The molecule has 0 aliphatic rings. The SMILES string of the molecule is O=Cc1ccc2oc(-c3cccc(Br)c3)nc2c1. The number of carbonyl (C=O) groups is 1. The number of aldehydes is 1. The maximum absolute atomic E-state index is 10.7. The molecule has 3 nitrogen and oxygen atoms in total. The fourth-order valence-corrected chi connectivity index (χ4v) is 2.16. The minimum Gasteiger partial charge on any atom is -0.436 e. The van der Waals surface area contributed by atoms with Crippen LogP contribution in [0.4, 0.5) is 0 Å². The van der Waals surface area contributed by atoms with Crippen LogP contribution in [0, 0.1) is 0 Å². The molecule has 4 heteroatoms. The molecule has 1 heterocycles. The van der Waals surface area contributed by atoms with E-state index in [0.29, 0.717) is 22.6 Å². The molecule has 0 saturated heterocycles. The molecule has 0 spiro atoms. The summed E-state index contributed by atoms with van der Waals surface area (Å²) >= 11 is 3.41. The molecule has 3 aromatic rings. The van der Waals surface area contributed by atoms with Gasteiger partial charge in [-0.15, -0.1) is 0 Å². The molecule has 0 N–H and O–H groups in total. The number of carbonyl (C=O) groups excluding carboxylic acids is 1. The van der Waals surface area contributed by atoms with Crippen molar-refractivity contribution in [3.05, 3.63) is 52.5 Å². The molecule has 3 rings (SSSR count). The van der Waals surface area contributed by atoms with E-state index in [9.17, 15) is 4.79 Å². The Bertz CT molecular complexity index is 733. The number of aromatic nitrogens is 1. The molecule has 0 unspecified atom stereocenters. The minimum atomic E-state index is 0.550. The molecule has 0 aliphatic heterocycles. The van der Waals surface area contributed by atoms with Crippen molar-refractivity contribution in [1.82, 2.24) is 4.98 Å². The third kappa shape index (κ3) is 1.95. The largest absolute Gasteiger partial charge is 0.436 e. The number of halogens is 1. The van der Waals surface area contributed by atoms with Crippen LogP contribution in [0.5, 0.6) is 0 Å². The number of rotatable bonds is 2. The van der Waals surface area contributed by atoms with Gasteiger partial charge in [-0.05, 0) is 36.4 Å². The molecule has 0 fully saturated rings. The van der Waals surface area contributed by atoms with Crippen LogP contribution in [0.1, 0.15) is 10.4 Å². The van der Waals surface area contributed by atoms with Gasteiger partial charge in [0.15, 0.2) is 5.58 Å². The maximum Gasteiger partial charge on any atom is 0.227 e. The third-order valence-electron chi connectivity index (χ3n) is 2.62. The Morgan fingerprint density at radius 2 is 2.06 bits per heavy atom. The zero-order valence-electron chi connectivity index (χ0n) is 9.26. The van der Waals surface area contributed by atoms with Gasteiger partial charge >= 0.3 is 0 Å². The van der Waals surface area contributed by atoms with Gasteiger partial charge in [0, 0.05) is 15.6 Å². The first kappa shape index (κ1) is 11.2. The first-order chi connectivity index (χ1) is 8.76. The summed E-state index contributed by atoms with van der Waals surface area (Å²) in [4.78, 5) is 15.1. The summed E-state index contributed by atoms with van der Waals surface area (Å²) in [5.74, 6) is 0.550. The zero-order valence-corrected chi connectivity index (χ0v) is 10.8. The first-order valence-electron chi connectivity index (χ1n) is 5.38. The van der Waals surface area contributed by atoms with Crippen molar-refractivity contribution < 1.29 is 9.21 Å². The van der Waals surface area contributed by atoms with Gasteiger partial charge in [-0.25, -0.2) is 4.98 Å². The number of fused-ring (bicyclic) bond motifs is 1. The lowest BCUT2D eigenvalue weighted by molar-refractivity contribution is 0.112. The average Bonchev–Trinajstić information content (AvgIpc) is 2.81. The van der Waals surface area contributed by atoms with Gasteiger partial charge in [-0.2, -0.15) is 0 Å². The average molecular weight is 302 g/mol. The smallest absolute Gasteiger partial charge is 0.227 e. The molecule has 0 saturated carbocycles. The third-order valence-corrected chi connectivity index (χ3v) is 3.11. The Morgan fingerprint density at radius 1 is 1.17 bits per heavy atom. The Hall–Kier alpha value is -1.94. The van der Waals surface area contributed by atoms with Crippen LogP contribution in [-0.2, 0) is 0 Å². The topological polar surface area (TPSA) is 43.1 Å². The highest BCUT2D eigenvalue weighted by molar-refractivity contribution is 9.10. The van der Waals surface area contributed by atoms with Crippen LogP contribution >= 0.6 is 15.9 Å². The molecule has 0 atom stereocenters. The second kappa shape index (κ2) is 4.38. The van der Waals surface area contributed by atoms with E-state index >= 15 is 0 Å². The van der Waals surface area contributed by atoms with E-state index in [2.05, 4.69) is 20.9 Å². The Balaban J connectivity index is 2.16. The number of benzene rings is 2. The number of hydrogen-bond donors (Lipinski definition) is 0. The normalized spacial score (nSPS) is 10.7. The molecule has 88 valence electrons. The highest BCUT2D eigenvalue weighted by Gasteiger charge is 2.08. The maximum atomic E-state index is 10.7. The van der Waals surface area contributed by atoms with Crippen LogP contribution in [-0.4, -0.2) is 11.3 Å². The van der Waals surface area contributed by atoms with Gasteiger partial charge in [0.2, 0.25) is 5.89 Å². The van der Waals surface area contributed by atoms with Crippen molar-refractivity contribution in [2.24, 2.45) is 0 Å². The number of oxazole rings is 1. The molecule has 0 amide bonds.